The van der Waals surface area contributed by atoms with Crippen LogP contribution < -0.4 is 0 Å². The molecule has 4 nitrogen and oxygen atoms in total. The van der Waals surface area contributed by atoms with Gasteiger partial charge in [-0.1, -0.05) is 25.7 Å². The van der Waals surface area contributed by atoms with Gasteiger partial charge in [0.2, 0.25) is 5.91 Å². The standard InChI is InChI=1S/C17H30N2O2/c1-21-15-8-13-18(14-15)16(20)17(9-4-2-5-10-17)19-11-6-3-7-12-19/h15H,2-14H2,1H3/t15-/m0/s1. The molecule has 0 N–H and O–H groups in total. The molecule has 0 bridgehead atoms. The number of carbonyl (C=O) groups excluding carboxylic acids is 1. The molecule has 4 heteroatoms. The highest BCUT2D eigenvalue weighted by Gasteiger charge is 2.47. The summed E-state index contributed by atoms with van der Waals surface area (Å²) in [6, 6.07) is 0. The van der Waals surface area contributed by atoms with E-state index in [4.69, 9.17) is 4.74 Å². The van der Waals surface area contributed by atoms with Crippen LogP contribution in [0.15, 0.2) is 0 Å². The van der Waals surface area contributed by atoms with Crippen LogP contribution in [0.4, 0.5) is 0 Å². The Morgan fingerprint density at radius 3 is 2.29 bits per heavy atom. The average Bonchev–Trinajstić information content (AvgIpc) is 3.04. The van der Waals surface area contributed by atoms with Crippen LogP contribution in [0.2, 0.25) is 0 Å². The van der Waals surface area contributed by atoms with Gasteiger partial charge < -0.3 is 9.64 Å². The first-order chi connectivity index (χ1) is 10.3. The summed E-state index contributed by atoms with van der Waals surface area (Å²) in [4.78, 5) is 17.9. The number of likely N-dealkylation sites (tertiary alicyclic amines) is 2. The lowest BCUT2D eigenvalue weighted by atomic mass is 9.78. The minimum Gasteiger partial charge on any atom is -0.380 e. The predicted molar refractivity (Wildman–Crippen MR) is 83.2 cm³/mol. The molecule has 3 aliphatic rings. The minimum absolute atomic E-state index is 0.179. The van der Waals surface area contributed by atoms with Gasteiger partial charge in [-0.15, -0.1) is 0 Å². The lowest BCUT2D eigenvalue weighted by Gasteiger charge is -2.48. The van der Waals surface area contributed by atoms with Crippen molar-refractivity contribution >= 4 is 5.91 Å². The molecule has 1 aliphatic carbocycles. The van der Waals surface area contributed by atoms with Crippen LogP contribution >= 0.6 is 0 Å². The number of hydrogen-bond donors (Lipinski definition) is 0. The molecule has 0 unspecified atom stereocenters. The van der Waals surface area contributed by atoms with Crippen molar-refractivity contribution in [2.45, 2.75) is 69.4 Å². The second kappa shape index (κ2) is 6.66. The number of rotatable bonds is 3. The summed E-state index contributed by atoms with van der Waals surface area (Å²) < 4.78 is 5.45. The Kier molecular flexibility index (Phi) is 4.85. The van der Waals surface area contributed by atoms with E-state index in [0.29, 0.717) is 5.91 Å². The summed E-state index contributed by atoms with van der Waals surface area (Å²) in [7, 11) is 1.76. The number of methoxy groups -OCH3 is 1. The predicted octanol–water partition coefficient (Wildman–Crippen LogP) is 2.42. The summed E-state index contributed by atoms with van der Waals surface area (Å²) in [5.74, 6) is 0.406. The Morgan fingerprint density at radius 1 is 1.00 bits per heavy atom. The minimum atomic E-state index is -0.179. The van der Waals surface area contributed by atoms with Gasteiger partial charge in [0.05, 0.1) is 6.10 Å². The van der Waals surface area contributed by atoms with E-state index in [0.717, 1.165) is 45.4 Å². The van der Waals surface area contributed by atoms with E-state index in [2.05, 4.69) is 9.80 Å². The molecular weight excluding hydrogens is 264 g/mol. The monoisotopic (exact) mass is 294 g/mol. The van der Waals surface area contributed by atoms with Crippen molar-refractivity contribution in [1.29, 1.82) is 0 Å². The summed E-state index contributed by atoms with van der Waals surface area (Å²) in [5, 5.41) is 0. The van der Waals surface area contributed by atoms with E-state index in [-0.39, 0.29) is 11.6 Å². The van der Waals surface area contributed by atoms with E-state index in [9.17, 15) is 4.79 Å². The van der Waals surface area contributed by atoms with Crippen LogP contribution in [0.25, 0.3) is 0 Å². The Bertz CT molecular complexity index is 360. The summed E-state index contributed by atoms with van der Waals surface area (Å²) in [5.41, 5.74) is -0.179. The van der Waals surface area contributed by atoms with Gasteiger partial charge in [-0.05, 0) is 45.2 Å². The van der Waals surface area contributed by atoms with Crippen LogP contribution in [0, 0.1) is 0 Å². The largest absolute Gasteiger partial charge is 0.380 e. The molecule has 21 heavy (non-hydrogen) atoms. The molecule has 1 saturated carbocycles. The number of piperidine rings is 1. The lowest BCUT2D eigenvalue weighted by molar-refractivity contribution is -0.147. The first kappa shape index (κ1) is 15.3. The SMILES string of the molecule is CO[C@H]1CCN(C(=O)C2(N3CCCCC3)CCCCC2)C1. The van der Waals surface area contributed by atoms with E-state index in [1.165, 1.54) is 38.5 Å². The fourth-order valence-corrected chi connectivity index (χ4v) is 4.52. The molecule has 120 valence electrons. The summed E-state index contributed by atoms with van der Waals surface area (Å²) >= 11 is 0. The average molecular weight is 294 g/mol. The van der Waals surface area contributed by atoms with Crippen molar-refractivity contribution in [3.63, 3.8) is 0 Å². The Hall–Kier alpha value is -0.610. The molecule has 3 rings (SSSR count). The van der Waals surface area contributed by atoms with Crippen LogP contribution in [0.1, 0.15) is 57.8 Å². The third-order valence-corrected chi connectivity index (χ3v) is 5.81. The smallest absolute Gasteiger partial charge is 0.243 e. The van der Waals surface area contributed by atoms with Crippen molar-refractivity contribution in [2.75, 3.05) is 33.3 Å². The molecule has 1 atom stereocenters. The number of carbonyl (C=O) groups is 1. The van der Waals surface area contributed by atoms with Crippen LogP contribution in [-0.4, -0.2) is 60.6 Å². The Labute approximate surface area is 128 Å². The highest BCUT2D eigenvalue weighted by atomic mass is 16.5. The van der Waals surface area contributed by atoms with Crippen molar-refractivity contribution in [1.82, 2.24) is 9.80 Å². The van der Waals surface area contributed by atoms with Crippen molar-refractivity contribution in [3.05, 3.63) is 0 Å². The molecule has 2 heterocycles. The van der Waals surface area contributed by atoms with Gasteiger partial charge in [-0.2, -0.15) is 0 Å². The van der Waals surface area contributed by atoms with Crippen LogP contribution in [-0.2, 0) is 9.53 Å². The zero-order chi connectivity index (χ0) is 14.7. The quantitative estimate of drug-likeness (QED) is 0.801. The number of ether oxygens (including phenoxy) is 1. The fourth-order valence-electron chi connectivity index (χ4n) is 4.52. The molecule has 0 radical (unpaired) electrons. The Morgan fingerprint density at radius 2 is 1.67 bits per heavy atom. The second-order valence-corrected chi connectivity index (χ2v) is 7.04. The highest BCUT2D eigenvalue weighted by molar-refractivity contribution is 5.87. The maximum absolute atomic E-state index is 13.3. The molecular formula is C17H30N2O2. The molecule has 0 aromatic rings. The van der Waals surface area contributed by atoms with Gasteiger partial charge in [0.15, 0.2) is 0 Å². The van der Waals surface area contributed by atoms with Crippen molar-refractivity contribution in [3.8, 4) is 0 Å². The number of nitrogens with zero attached hydrogens (tertiary/aromatic N) is 2. The summed E-state index contributed by atoms with van der Waals surface area (Å²) in [6.45, 7) is 3.92. The molecule has 0 aromatic carbocycles. The van der Waals surface area contributed by atoms with Gasteiger partial charge in [-0.3, -0.25) is 9.69 Å². The summed E-state index contributed by atoms with van der Waals surface area (Å²) in [6.07, 6.45) is 11.0. The van der Waals surface area contributed by atoms with E-state index < -0.39 is 0 Å². The van der Waals surface area contributed by atoms with Gasteiger partial charge in [0, 0.05) is 20.2 Å². The van der Waals surface area contributed by atoms with Crippen molar-refractivity contribution in [2.24, 2.45) is 0 Å². The highest BCUT2D eigenvalue weighted by Crippen LogP contribution is 2.37. The lowest BCUT2D eigenvalue weighted by Crippen LogP contribution is -2.61. The zero-order valence-electron chi connectivity index (χ0n) is 13.5. The van der Waals surface area contributed by atoms with E-state index in [1.54, 1.807) is 7.11 Å². The molecule has 3 fully saturated rings. The maximum atomic E-state index is 13.3. The van der Waals surface area contributed by atoms with E-state index in [1.807, 2.05) is 0 Å². The third kappa shape index (κ3) is 2.98. The molecule has 1 amide bonds. The molecule has 2 aliphatic heterocycles. The molecule has 0 spiro atoms. The zero-order valence-corrected chi connectivity index (χ0v) is 13.5. The third-order valence-electron chi connectivity index (χ3n) is 5.81. The molecule has 2 saturated heterocycles. The van der Waals surface area contributed by atoms with Crippen LogP contribution in [0.3, 0.4) is 0 Å². The number of hydrogen-bond acceptors (Lipinski definition) is 3. The molecule has 0 aromatic heterocycles. The fraction of sp³-hybridized carbons (Fsp3) is 0.941. The first-order valence-corrected chi connectivity index (χ1v) is 8.83. The Balaban J connectivity index is 1.76. The van der Waals surface area contributed by atoms with Crippen LogP contribution in [0.5, 0.6) is 0 Å². The topological polar surface area (TPSA) is 32.8 Å². The normalized spacial score (nSPS) is 30.5. The van der Waals surface area contributed by atoms with Crippen molar-refractivity contribution < 1.29 is 9.53 Å². The number of amides is 1. The van der Waals surface area contributed by atoms with Gasteiger partial charge in [0.25, 0.3) is 0 Å². The van der Waals surface area contributed by atoms with E-state index >= 15 is 0 Å². The second-order valence-electron chi connectivity index (χ2n) is 7.04. The first-order valence-electron chi connectivity index (χ1n) is 8.83. The van der Waals surface area contributed by atoms with Gasteiger partial charge in [0.1, 0.15) is 5.54 Å². The van der Waals surface area contributed by atoms with Gasteiger partial charge in [-0.25, -0.2) is 0 Å². The maximum Gasteiger partial charge on any atom is 0.243 e. The van der Waals surface area contributed by atoms with Gasteiger partial charge >= 0.3 is 0 Å².